The molecule has 0 aliphatic heterocycles. The largest absolute Gasteiger partial charge is 0.466 e. The van der Waals surface area contributed by atoms with Crippen LogP contribution in [0.15, 0.2) is 11.6 Å². The third-order valence-electron chi connectivity index (χ3n) is 4.75. The van der Waals surface area contributed by atoms with Gasteiger partial charge in [-0.3, -0.25) is 9.59 Å². The van der Waals surface area contributed by atoms with Gasteiger partial charge in [0, 0.05) is 12.3 Å². The van der Waals surface area contributed by atoms with E-state index in [2.05, 4.69) is 19.9 Å². The number of ketones is 1. The highest BCUT2D eigenvalue weighted by Crippen LogP contribution is 2.19. The van der Waals surface area contributed by atoms with Crippen LogP contribution in [0.25, 0.3) is 0 Å². The number of ether oxygens (including phenoxy) is 1. The number of esters is 1. The Kier molecular flexibility index (Phi) is 15.6. The molecule has 3 heteroatoms. The molecule has 0 saturated carbocycles. The first kappa shape index (κ1) is 23.9. The van der Waals surface area contributed by atoms with Crippen molar-refractivity contribution in [1.29, 1.82) is 0 Å². The van der Waals surface area contributed by atoms with Crippen LogP contribution in [0, 0.1) is 5.92 Å². The summed E-state index contributed by atoms with van der Waals surface area (Å²) in [6, 6.07) is 0. The number of Topliss-reactive ketones (excluding diaryl/α,β-unsaturated/α-hetero) is 1. The van der Waals surface area contributed by atoms with Crippen molar-refractivity contribution in [3.8, 4) is 0 Å². The average Bonchev–Trinajstić information content (AvgIpc) is 2.56. The van der Waals surface area contributed by atoms with Gasteiger partial charge < -0.3 is 4.74 Å². The maximum atomic E-state index is 11.8. The molecule has 0 aliphatic rings. The van der Waals surface area contributed by atoms with E-state index in [-0.39, 0.29) is 11.9 Å². The minimum absolute atomic E-state index is 0.0924. The molecule has 0 saturated heterocycles. The first-order valence-corrected chi connectivity index (χ1v) is 10.3. The summed E-state index contributed by atoms with van der Waals surface area (Å²) < 4.78 is 4.92. The number of hydrogen-bond acceptors (Lipinski definition) is 3. The summed E-state index contributed by atoms with van der Waals surface area (Å²) in [7, 11) is 0. The van der Waals surface area contributed by atoms with Crippen molar-refractivity contribution in [1.82, 2.24) is 0 Å². The van der Waals surface area contributed by atoms with Gasteiger partial charge in [0.2, 0.25) is 0 Å². The lowest BCUT2D eigenvalue weighted by atomic mass is 9.92. The molecule has 0 fully saturated rings. The molecule has 1 atom stereocenters. The maximum absolute atomic E-state index is 11.8. The van der Waals surface area contributed by atoms with E-state index < -0.39 is 0 Å². The van der Waals surface area contributed by atoms with Crippen molar-refractivity contribution in [2.75, 3.05) is 6.61 Å². The van der Waals surface area contributed by atoms with Crippen LogP contribution < -0.4 is 0 Å². The Labute approximate surface area is 155 Å². The summed E-state index contributed by atoms with van der Waals surface area (Å²) in [6.07, 6.45) is 15.0. The van der Waals surface area contributed by atoms with Crippen LogP contribution in [-0.2, 0) is 14.3 Å². The molecule has 3 nitrogen and oxygen atoms in total. The second kappa shape index (κ2) is 16.4. The monoisotopic (exact) mass is 352 g/mol. The zero-order valence-electron chi connectivity index (χ0n) is 17.1. The molecular weight excluding hydrogens is 312 g/mol. The average molecular weight is 353 g/mol. The molecule has 1 unspecified atom stereocenters. The molecule has 0 aliphatic carbocycles. The van der Waals surface area contributed by atoms with Crippen molar-refractivity contribution in [2.45, 2.75) is 105 Å². The fraction of sp³-hybridized carbons (Fsp3) is 0.818. The van der Waals surface area contributed by atoms with E-state index in [1.807, 2.05) is 6.92 Å². The zero-order chi connectivity index (χ0) is 18.9. The highest BCUT2D eigenvalue weighted by molar-refractivity contribution is 5.78. The highest BCUT2D eigenvalue weighted by atomic mass is 16.5. The van der Waals surface area contributed by atoms with Crippen molar-refractivity contribution in [2.24, 2.45) is 5.92 Å². The summed E-state index contributed by atoms with van der Waals surface area (Å²) in [6.45, 7) is 8.46. The molecule has 0 aromatic rings. The second-order valence-corrected chi connectivity index (χ2v) is 7.15. The lowest BCUT2D eigenvalue weighted by Crippen LogP contribution is -2.10. The number of carbonyl (C=O) groups is 2. The second-order valence-electron chi connectivity index (χ2n) is 7.15. The molecule has 0 bridgehead atoms. The Morgan fingerprint density at radius 3 is 2.20 bits per heavy atom. The van der Waals surface area contributed by atoms with Crippen LogP contribution in [-0.4, -0.2) is 18.4 Å². The number of hydrogen-bond donors (Lipinski definition) is 0. The summed E-state index contributed by atoms with van der Waals surface area (Å²) in [5.41, 5.74) is 1.47. The Balaban J connectivity index is 3.86. The van der Waals surface area contributed by atoms with Crippen molar-refractivity contribution < 1.29 is 14.3 Å². The summed E-state index contributed by atoms with van der Waals surface area (Å²) >= 11 is 0. The van der Waals surface area contributed by atoms with Crippen molar-refractivity contribution in [3.05, 3.63) is 11.6 Å². The quantitative estimate of drug-likeness (QED) is 0.183. The SMILES string of the molecule is CCCCC/C(C)=C/CCC(CCCCCCC(=O)OCC)C(C)=O. The number of rotatable bonds is 16. The minimum atomic E-state index is -0.0924. The van der Waals surface area contributed by atoms with E-state index in [1.54, 1.807) is 6.92 Å². The van der Waals surface area contributed by atoms with Crippen LogP contribution in [0.2, 0.25) is 0 Å². The highest BCUT2D eigenvalue weighted by Gasteiger charge is 2.13. The molecule has 0 spiro atoms. The van der Waals surface area contributed by atoms with E-state index in [4.69, 9.17) is 4.74 Å². The predicted octanol–water partition coefficient (Wildman–Crippen LogP) is 6.40. The predicted molar refractivity (Wildman–Crippen MR) is 106 cm³/mol. The van der Waals surface area contributed by atoms with Crippen LogP contribution in [0.3, 0.4) is 0 Å². The Bertz CT molecular complexity index is 385. The van der Waals surface area contributed by atoms with E-state index in [1.165, 1.54) is 31.3 Å². The lowest BCUT2D eigenvalue weighted by Gasteiger charge is -2.13. The molecule has 0 N–H and O–H groups in total. The molecular formula is C22H40O3. The van der Waals surface area contributed by atoms with Gasteiger partial charge in [-0.1, -0.05) is 50.7 Å². The van der Waals surface area contributed by atoms with Gasteiger partial charge in [0.15, 0.2) is 0 Å². The fourth-order valence-corrected chi connectivity index (χ4v) is 3.08. The molecule has 25 heavy (non-hydrogen) atoms. The smallest absolute Gasteiger partial charge is 0.305 e. The normalized spacial score (nSPS) is 12.9. The van der Waals surface area contributed by atoms with Crippen molar-refractivity contribution >= 4 is 11.8 Å². The van der Waals surface area contributed by atoms with Gasteiger partial charge in [-0.25, -0.2) is 0 Å². The fourth-order valence-electron chi connectivity index (χ4n) is 3.08. The molecule has 0 heterocycles. The van der Waals surface area contributed by atoms with Gasteiger partial charge in [0.25, 0.3) is 0 Å². The van der Waals surface area contributed by atoms with Gasteiger partial charge in [0.05, 0.1) is 6.61 Å². The number of allylic oxidation sites excluding steroid dienone is 2. The zero-order valence-corrected chi connectivity index (χ0v) is 17.1. The molecule has 0 aromatic carbocycles. The molecule has 0 amide bonds. The first-order chi connectivity index (χ1) is 12.0. The van der Waals surface area contributed by atoms with Crippen LogP contribution >= 0.6 is 0 Å². The van der Waals surface area contributed by atoms with Crippen LogP contribution in [0.1, 0.15) is 105 Å². The third-order valence-corrected chi connectivity index (χ3v) is 4.75. The topological polar surface area (TPSA) is 43.4 Å². The van der Waals surface area contributed by atoms with Gasteiger partial charge in [-0.15, -0.1) is 0 Å². The lowest BCUT2D eigenvalue weighted by molar-refractivity contribution is -0.143. The van der Waals surface area contributed by atoms with E-state index in [0.29, 0.717) is 18.8 Å². The van der Waals surface area contributed by atoms with Gasteiger partial charge in [-0.05, 0) is 59.3 Å². The van der Waals surface area contributed by atoms with E-state index in [0.717, 1.165) is 44.9 Å². The Hall–Kier alpha value is -1.12. The summed E-state index contributed by atoms with van der Waals surface area (Å²) in [4.78, 5) is 23.1. The van der Waals surface area contributed by atoms with Crippen molar-refractivity contribution in [3.63, 3.8) is 0 Å². The Morgan fingerprint density at radius 1 is 0.880 bits per heavy atom. The number of carbonyl (C=O) groups excluding carboxylic acids is 2. The van der Waals surface area contributed by atoms with Gasteiger partial charge >= 0.3 is 5.97 Å². The minimum Gasteiger partial charge on any atom is -0.466 e. The first-order valence-electron chi connectivity index (χ1n) is 10.3. The molecule has 0 aromatic heterocycles. The summed E-state index contributed by atoms with van der Waals surface area (Å²) in [5, 5.41) is 0. The van der Waals surface area contributed by atoms with E-state index >= 15 is 0 Å². The van der Waals surface area contributed by atoms with Gasteiger partial charge in [0.1, 0.15) is 5.78 Å². The molecule has 146 valence electrons. The summed E-state index contributed by atoms with van der Waals surface area (Å²) in [5.74, 6) is 0.429. The van der Waals surface area contributed by atoms with Crippen LogP contribution in [0.5, 0.6) is 0 Å². The standard InChI is InChI=1S/C22H40O3/c1-5-7-10-14-19(3)15-13-17-21(20(4)23)16-11-8-9-12-18-22(24)25-6-2/h15,21H,5-14,16-18H2,1-4H3/b19-15+. The maximum Gasteiger partial charge on any atom is 0.305 e. The van der Waals surface area contributed by atoms with Crippen LogP contribution in [0.4, 0.5) is 0 Å². The van der Waals surface area contributed by atoms with Gasteiger partial charge in [-0.2, -0.15) is 0 Å². The van der Waals surface area contributed by atoms with E-state index in [9.17, 15) is 9.59 Å². The molecule has 0 radical (unpaired) electrons. The molecule has 0 rings (SSSR count). The third kappa shape index (κ3) is 14.9. The Morgan fingerprint density at radius 2 is 1.56 bits per heavy atom. The number of unbranched alkanes of at least 4 members (excludes halogenated alkanes) is 5.